The van der Waals surface area contributed by atoms with Crippen LogP contribution in [0.1, 0.15) is 32.1 Å². The van der Waals surface area contributed by atoms with Crippen molar-refractivity contribution in [3.8, 4) is 0 Å². The number of rotatable bonds is 3. The summed E-state index contributed by atoms with van der Waals surface area (Å²) in [6.07, 6.45) is 4.72. The van der Waals surface area contributed by atoms with Gasteiger partial charge in [0, 0.05) is 17.1 Å². The molecule has 0 unspecified atom stereocenters. The van der Waals surface area contributed by atoms with Crippen molar-refractivity contribution < 1.29 is 14.9 Å². The standard InChI is InChI=1S/C16H20ClN3O2/c17-10-4-3-5-11(8-10)18-15(21)9-14-16(22)20-13-7-2-1-6-12(13)19-14/h3-5,8,12-14,19H,1-2,6-7,9H2,(H,18,21)(H,20,22)/p+1/t12-,13+,14+/m1/s1. The third-order valence-electron chi connectivity index (χ3n) is 4.48. The largest absolute Gasteiger partial charge is 0.342 e. The molecule has 1 aliphatic carbocycles. The van der Waals surface area contributed by atoms with Gasteiger partial charge in [0.1, 0.15) is 6.04 Å². The number of anilines is 1. The van der Waals surface area contributed by atoms with E-state index in [0.29, 0.717) is 16.8 Å². The van der Waals surface area contributed by atoms with E-state index in [2.05, 4.69) is 16.0 Å². The van der Waals surface area contributed by atoms with Gasteiger partial charge in [-0.25, -0.2) is 0 Å². The summed E-state index contributed by atoms with van der Waals surface area (Å²) in [5, 5.41) is 8.53. The minimum Gasteiger partial charge on any atom is -0.342 e. The van der Waals surface area contributed by atoms with Crippen molar-refractivity contribution in [1.82, 2.24) is 5.32 Å². The molecular formula is C16H21ClN3O2+. The number of halogens is 1. The maximum atomic E-state index is 12.1. The summed E-state index contributed by atoms with van der Waals surface area (Å²) in [7, 11) is 0. The van der Waals surface area contributed by atoms with Crippen LogP contribution in [-0.2, 0) is 9.59 Å². The third kappa shape index (κ3) is 3.59. The summed E-state index contributed by atoms with van der Waals surface area (Å²) < 4.78 is 0. The normalized spacial score (nSPS) is 27.7. The highest BCUT2D eigenvalue weighted by Gasteiger charge is 2.40. The molecule has 1 saturated carbocycles. The predicted octanol–water partition coefficient (Wildman–Crippen LogP) is 1.04. The predicted molar refractivity (Wildman–Crippen MR) is 84.6 cm³/mol. The molecule has 0 spiro atoms. The molecule has 118 valence electrons. The highest BCUT2D eigenvalue weighted by molar-refractivity contribution is 6.30. The van der Waals surface area contributed by atoms with Crippen molar-refractivity contribution in [2.24, 2.45) is 0 Å². The Morgan fingerprint density at radius 1 is 1.36 bits per heavy atom. The molecule has 0 bridgehead atoms. The number of benzene rings is 1. The molecule has 1 aromatic carbocycles. The van der Waals surface area contributed by atoms with Gasteiger partial charge >= 0.3 is 0 Å². The summed E-state index contributed by atoms with van der Waals surface area (Å²) in [6.45, 7) is 0. The van der Waals surface area contributed by atoms with Crippen LogP contribution in [0.25, 0.3) is 0 Å². The molecule has 2 aliphatic rings. The van der Waals surface area contributed by atoms with Gasteiger partial charge in [0.25, 0.3) is 5.91 Å². The SMILES string of the molecule is O=C(C[C@@H]1[NH2+][C@@H]2CCCC[C@@H]2NC1=O)Nc1cccc(Cl)c1. The van der Waals surface area contributed by atoms with E-state index in [-0.39, 0.29) is 30.3 Å². The fourth-order valence-corrected chi connectivity index (χ4v) is 3.57. The summed E-state index contributed by atoms with van der Waals surface area (Å²) in [5.74, 6) is -0.183. The molecule has 0 radical (unpaired) electrons. The first kappa shape index (κ1) is 15.3. The molecule has 4 N–H and O–H groups in total. The molecule has 22 heavy (non-hydrogen) atoms. The average Bonchev–Trinajstić information content (AvgIpc) is 2.48. The summed E-state index contributed by atoms with van der Waals surface area (Å²) in [5.41, 5.74) is 0.657. The Morgan fingerprint density at radius 2 is 2.18 bits per heavy atom. The van der Waals surface area contributed by atoms with E-state index >= 15 is 0 Å². The second-order valence-corrected chi connectivity index (χ2v) is 6.56. The van der Waals surface area contributed by atoms with Crippen molar-refractivity contribution in [2.45, 2.75) is 50.2 Å². The van der Waals surface area contributed by atoms with E-state index in [1.54, 1.807) is 24.3 Å². The fourth-order valence-electron chi connectivity index (χ4n) is 3.38. The zero-order valence-corrected chi connectivity index (χ0v) is 13.1. The highest BCUT2D eigenvalue weighted by Crippen LogP contribution is 2.19. The van der Waals surface area contributed by atoms with Crippen LogP contribution in [0, 0.1) is 0 Å². The summed E-state index contributed by atoms with van der Waals surface area (Å²) in [4.78, 5) is 24.3. The molecule has 5 nitrogen and oxygen atoms in total. The Balaban J connectivity index is 1.57. The van der Waals surface area contributed by atoms with Crippen LogP contribution in [0.15, 0.2) is 24.3 Å². The minimum atomic E-state index is -0.335. The van der Waals surface area contributed by atoms with Gasteiger partial charge in [0.2, 0.25) is 5.91 Å². The molecule has 1 saturated heterocycles. The molecule has 6 heteroatoms. The van der Waals surface area contributed by atoms with Crippen LogP contribution in [-0.4, -0.2) is 29.9 Å². The van der Waals surface area contributed by atoms with E-state index < -0.39 is 0 Å². The number of carbonyl (C=O) groups is 2. The van der Waals surface area contributed by atoms with E-state index in [4.69, 9.17) is 11.6 Å². The third-order valence-corrected chi connectivity index (χ3v) is 4.71. The first-order valence-corrected chi connectivity index (χ1v) is 8.20. The van der Waals surface area contributed by atoms with E-state index in [1.165, 1.54) is 12.8 Å². The second-order valence-electron chi connectivity index (χ2n) is 6.12. The van der Waals surface area contributed by atoms with Gasteiger partial charge < -0.3 is 16.0 Å². The highest BCUT2D eigenvalue weighted by atomic mass is 35.5. The van der Waals surface area contributed by atoms with Crippen molar-refractivity contribution in [1.29, 1.82) is 0 Å². The lowest BCUT2D eigenvalue weighted by Gasteiger charge is -2.37. The fraction of sp³-hybridized carbons (Fsp3) is 0.500. The zero-order chi connectivity index (χ0) is 15.5. The first-order valence-electron chi connectivity index (χ1n) is 7.82. The van der Waals surface area contributed by atoms with Crippen LogP contribution in [0.2, 0.25) is 5.02 Å². The first-order chi connectivity index (χ1) is 10.6. The van der Waals surface area contributed by atoms with Gasteiger partial charge in [-0.1, -0.05) is 24.1 Å². The van der Waals surface area contributed by atoms with Gasteiger partial charge in [-0.05, 0) is 31.0 Å². The quantitative estimate of drug-likeness (QED) is 0.778. The van der Waals surface area contributed by atoms with Crippen molar-refractivity contribution >= 4 is 29.1 Å². The van der Waals surface area contributed by atoms with Crippen LogP contribution in [0.3, 0.4) is 0 Å². The molecule has 3 rings (SSSR count). The summed E-state index contributed by atoms with van der Waals surface area (Å²) >= 11 is 5.90. The van der Waals surface area contributed by atoms with Crippen LogP contribution in [0.5, 0.6) is 0 Å². The Bertz CT molecular complexity index is 578. The lowest BCUT2D eigenvalue weighted by molar-refractivity contribution is -0.718. The Kier molecular flexibility index (Phi) is 4.64. The van der Waals surface area contributed by atoms with Crippen LogP contribution >= 0.6 is 11.6 Å². The monoisotopic (exact) mass is 322 g/mol. The average molecular weight is 323 g/mol. The number of amides is 2. The van der Waals surface area contributed by atoms with Gasteiger partial charge in [-0.15, -0.1) is 0 Å². The molecule has 1 aliphatic heterocycles. The van der Waals surface area contributed by atoms with Crippen molar-refractivity contribution in [3.63, 3.8) is 0 Å². The lowest BCUT2D eigenvalue weighted by Crippen LogP contribution is -3.03. The lowest BCUT2D eigenvalue weighted by atomic mass is 9.87. The zero-order valence-electron chi connectivity index (χ0n) is 12.3. The molecule has 0 aromatic heterocycles. The maximum absolute atomic E-state index is 12.1. The number of carbonyl (C=O) groups excluding carboxylic acids is 2. The van der Waals surface area contributed by atoms with Crippen molar-refractivity contribution in [3.05, 3.63) is 29.3 Å². The number of piperazine rings is 1. The minimum absolute atomic E-state index is 0.0237. The van der Waals surface area contributed by atoms with Gasteiger partial charge in [-0.2, -0.15) is 0 Å². The number of nitrogens with two attached hydrogens (primary N) is 1. The smallest absolute Gasteiger partial charge is 0.279 e. The van der Waals surface area contributed by atoms with Crippen molar-refractivity contribution in [2.75, 3.05) is 5.32 Å². The molecule has 2 fully saturated rings. The second kappa shape index (κ2) is 6.67. The Hall–Kier alpha value is -1.59. The van der Waals surface area contributed by atoms with E-state index in [1.807, 2.05) is 0 Å². The van der Waals surface area contributed by atoms with Crippen LogP contribution in [0.4, 0.5) is 5.69 Å². The number of nitrogens with one attached hydrogen (secondary N) is 2. The van der Waals surface area contributed by atoms with Gasteiger partial charge in [-0.3, -0.25) is 9.59 Å². The molecule has 1 heterocycles. The Morgan fingerprint density at radius 3 is 3.00 bits per heavy atom. The molecule has 2 amide bonds. The van der Waals surface area contributed by atoms with Crippen LogP contribution < -0.4 is 16.0 Å². The number of hydrogen-bond acceptors (Lipinski definition) is 2. The topological polar surface area (TPSA) is 74.8 Å². The molecule has 1 aromatic rings. The molecule has 3 atom stereocenters. The van der Waals surface area contributed by atoms with E-state index in [0.717, 1.165) is 12.8 Å². The van der Waals surface area contributed by atoms with E-state index in [9.17, 15) is 9.59 Å². The number of quaternary nitrogens is 1. The summed E-state index contributed by atoms with van der Waals surface area (Å²) in [6, 6.07) is 7.36. The Labute approximate surface area is 134 Å². The van der Waals surface area contributed by atoms with Gasteiger partial charge in [0.15, 0.2) is 6.04 Å². The molecular weight excluding hydrogens is 302 g/mol. The maximum Gasteiger partial charge on any atom is 0.279 e. The van der Waals surface area contributed by atoms with Gasteiger partial charge in [0.05, 0.1) is 12.5 Å². The number of hydrogen-bond donors (Lipinski definition) is 3. The number of fused-ring (bicyclic) bond motifs is 1.